The normalized spacial score (nSPS) is 11.6. The quantitative estimate of drug-likeness (QED) is 0.533. The average Bonchev–Trinajstić information content (AvgIpc) is 2.67. The first-order chi connectivity index (χ1) is 12.5. The Balaban J connectivity index is 2.06. The van der Waals surface area contributed by atoms with E-state index in [1.165, 1.54) is 13.2 Å². The molecule has 0 bridgehead atoms. The minimum Gasteiger partial charge on any atom is -0.399 e. The van der Waals surface area contributed by atoms with Gasteiger partial charge in [0.2, 0.25) is 0 Å². The van der Waals surface area contributed by atoms with Crippen molar-refractivity contribution in [3.63, 3.8) is 0 Å². The van der Waals surface area contributed by atoms with E-state index in [0.717, 1.165) is 10.0 Å². The van der Waals surface area contributed by atoms with Gasteiger partial charge >= 0.3 is 0 Å². The Morgan fingerprint density at radius 3 is 2.42 bits per heavy atom. The second-order valence-corrected chi connectivity index (χ2v) is 7.40. The lowest BCUT2D eigenvalue weighted by Crippen LogP contribution is -2.30. The Morgan fingerprint density at radius 2 is 1.77 bits per heavy atom. The largest absolute Gasteiger partial charge is 0.399 e. The summed E-state index contributed by atoms with van der Waals surface area (Å²) >= 11 is 0. The standard InChI is InChI=1S/C19H19N3O3S/c1-25-22(14-15-7-3-2-4-8-15)26(23,24)19-11-10-16(20)13-17(19)18-9-5-6-12-21-18/h2-13H,14,20H2,1H3. The molecule has 1 heterocycles. The first-order valence-electron chi connectivity index (χ1n) is 7.94. The molecule has 0 fully saturated rings. The molecule has 3 rings (SSSR count). The van der Waals surface area contributed by atoms with Crippen LogP contribution in [0.5, 0.6) is 0 Å². The van der Waals surface area contributed by atoms with Crippen molar-refractivity contribution >= 4 is 15.7 Å². The average molecular weight is 369 g/mol. The van der Waals surface area contributed by atoms with Gasteiger partial charge in [-0.2, -0.15) is 0 Å². The highest BCUT2D eigenvalue weighted by molar-refractivity contribution is 7.89. The maximum absolute atomic E-state index is 13.2. The molecule has 0 radical (unpaired) electrons. The van der Waals surface area contributed by atoms with E-state index in [-0.39, 0.29) is 11.4 Å². The van der Waals surface area contributed by atoms with Gasteiger partial charge in [0.15, 0.2) is 0 Å². The fourth-order valence-corrected chi connectivity index (χ4v) is 4.00. The number of rotatable bonds is 6. The number of sulfonamides is 1. The smallest absolute Gasteiger partial charge is 0.265 e. The number of anilines is 1. The summed E-state index contributed by atoms with van der Waals surface area (Å²) in [6.45, 7) is 0.0890. The van der Waals surface area contributed by atoms with Gasteiger partial charge in [-0.25, -0.2) is 8.42 Å². The zero-order valence-electron chi connectivity index (χ0n) is 14.2. The van der Waals surface area contributed by atoms with Crippen LogP contribution in [0.4, 0.5) is 5.69 Å². The summed E-state index contributed by atoms with van der Waals surface area (Å²) in [5.41, 5.74) is 8.09. The highest BCUT2D eigenvalue weighted by Gasteiger charge is 2.28. The van der Waals surface area contributed by atoms with Crippen molar-refractivity contribution in [2.75, 3.05) is 12.8 Å². The van der Waals surface area contributed by atoms with Crippen molar-refractivity contribution in [2.45, 2.75) is 11.4 Å². The van der Waals surface area contributed by atoms with Crippen LogP contribution in [0.15, 0.2) is 77.8 Å². The number of aromatic nitrogens is 1. The van der Waals surface area contributed by atoms with E-state index >= 15 is 0 Å². The molecule has 7 heteroatoms. The number of hydrogen-bond acceptors (Lipinski definition) is 5. The van der Waals surface area contributed by atoms with Crippen LogP contribution >= 0.6 is 0 Å². The Labute approximate surface area is 152 Å². The molecule has 3 aromatic rings. The van der Waals surface area contributed by atoms with E-state index in [1.54, 1.807) is 36.5 Å². The summed E-state index contributed by atoms with van der Waals surface area (Å²) in [5.74, 6) is 0. The van der Waals surface area contributed by atoms with E-state index in [4.69, 9.17) is 10.6 Å². The van der Waals surface area contributed by atoms with Crippen LogP contribution in [0, 0.1) is 0 Å². The van der Waals surface area contributed by atoms with Crippen molar-refractivity contribution in [2.24, 2.45) is 0 Å². The van der Waals surface area contributed by atoms with Gasteiger partial charge in [0.25, 0.3) is 10.0 Å². The van der Waals surface area contributed by atoms with Crippen LogP contribution in [0.1, 0.15) is 5.56 Å². The summed E-state index contributed by atoms with van der Waals surface area (Å²) < 4.78 is 27.4. The number of nitrogens with two attached hydrogens (primary N) is 1. The molecule has 134 valence electrons. The summed E-state index contributed by atoms with van der Waals surface area (Å²) in [4.78, 5) is 9.53. The summed E-state index contributed by atoms with van der Waals surface area (Å²) in [6.07, 6.45) is 1.60. The van der Waals surface area contributed by atoms with Crippen LogP contribution in [-0.4, -0.2) is 25.0 Å². The fourth-order valence-electron chi connectivity index (χ4n) is 2.58. The SMILES string of the molecule is CON(Cc1ccccc1)S(=O)(=O)c1ccc(N)cc1-c1ccccn1. The number of nitrogens with zero attached hydrogens (tertiary/aromatic N) is 2. The topological polar surface area (TPSA) is 85.5 Å². The second kappa shape index (κ2) is 7.65. The van der Waals surface area contributed by atoms with E-state index in [9.17, 15) is 8.42 Å². The van der Waals surface area contributed by atoms with Crippen LogP contribution in [0.3, 0.4) is 0 Å². The van der Waals surface area contributed by atoms with E-state index in [0.29, 0.717) is 16.9 Å². The lowest BCUT2D eigenvalue weighted by molar-refractivity contribution is -0.0556. The minimum atomic E-state index is -3.93. The van der Waals surface area contributed by atoms with Gasteiger partial charge in [-0.3, -0.25) is 9.82 Å². The van der Waals surface area contributed by atoms with Gasteiger partial charge in [-0.15, -0.1) is 0 Å². The molecule has 6 nitrogen and oxygen atoms in total. The van der Waals surface area contributed by atoms with Crippen LogP contribution < -0.4 is 5.73 Å². The molecule has 0 atom stereocenters. The molecule has 1 aromatic heterocycles. The van der Waals surface area contributed by atoms with Crippen LogP contribution in [0.25, 0.3) is 11.3 Å². The maximum atomic E-state index is 13.2. The first kappa shape index (κ1) is 18.1. The summed E-state index contributed by atoms with van der Waals surface area (Å²) in [7, 11) is -2.60. The maximum Gasteiger partial charge on any atom is 0.265 e. The molecule has 0 saturated carbocycles. The molecule has 0 aliphatic rings. The Morgan fingerprint density at radius 1 is 1.04 bits per heavy atom. The monoisotopic (exact) mass is 369 g/mol. The molecule has 0 aliphatic heterocycles. The third-order valence-corrected chi connectivity index (χ3v) is 5.57. The van der Waals surface area contributed by atoms with E-state index in [1.807, 2.05) is 30.3 Å². The number of benzene rings is 2. The molecule has 2 aromatic carbocycles. The number of hydroxylamine groups is 1. The Kier molecular flexibility index (Phi) is 5.32. The fraction of sp³-hybridized carbons (Fsp3) is 0.105. The zero-order chi connectivity index (χ0) is 18.6. The number of hydrogen-bond donors (Lipinski definition) is 1. The summed E-state index contributed by atoms with van der Waals surface area (Å²) in [6, 6.07) is 19.2. The molecule has 2 N–H and O–H groups in total. The minimum absolute atomic E-state index is 0.0863. The Hall–Kier alpha value is -2.74. The molecule has 0 unspecified atom stereocenters. The van der Waals surface area contributed by atoms with Gasteiger partial charge in [0, 0.05) is 17.4 Å². The highest BCUT2D eigenvalue weighted by atomic mass is 32.2. The van der Waals surface area contributed by atoms with Crippen LogP contribution in [-0.2, 0) is 21.4 Å². The molecule has 0 saturated heterocycles. The third kappa shape index (κ3) is 3.75. The zero-order valence-corrected chi connectivity index (χ0v) is 15.1. The van der Waals surface area contributed by atoms with Crippen molar-refractivity contribution in [3.8, 4) is 11.3 Å². The van der Waals surface area contributed by atoms with Crippen molar-refractivity contribution < 1.29 is 13.3 Å². The third-order valence-electron chi connectivity index (χ3n) is 3.85. The molecular formula is C19H19N3O3S. The summed E-state index contributed by atoms with van der Waals surface area (Å²) in [5, 5.41) is 0. The van der Waals surface area contributed by atoms with Crippen molar-refractivity contribution in [1.82, 2.24) is 9.45 Å². The van der Waals surface area contributed by atoms with Crippen molar-refractivity contribution in [3.05, 3.63) is 78.5 Å². The molecule has 0 amide bonds. The molecule has 0 aliphatic carbocycles. The van der Waals surface area contributed by atoms with Gasteiger partial charge in [0.1, 0.15) is 0 Å². The molecular weight excluding hydrogens is 350 g/mol. The molecule has 26 heavy (non-hydrogen) atoms. The van der Waals surface area contributed by atoms with E-state index in [2.05, 4.69) is 4.98 Å². The predicted molar refractivity (Wildman–Crippen MR) is 100 cm³/mol. The van der Waals surface area contributed by atoms with Gasteiger partial charge < -0.3 is 5.73 Å². The van der Waals surface area contributed by atoms with Gasteiger partial charge in [0.05, 0.1) is 24.2 Å². The second-order valence-electron chi connectivity index (χ2n) is 5.60. The predicted octanol–water partition coefficient (Wildman–Crippen LogP) is 3.08. The lowest BCUT2D eigenvalue weighted by Gasteiger charge is -2.21. The molecule has 0 spiro atoms. The van der Waals surface area contributed by atoms with Gasteiger partial charge in [-0.05, 0) is 35.9 Å². The van der Waals surface area contributed by atoms with Gasteiger partial charge in [-0.1, -0.05) is 40.9 Å². The van der Waals surface area contributed by atoms with Crippen molar-refractivity contribution in [1.29, 1.82) is 0 Å². The first-order valence-corrected chi connectivity index (χ1v) is 9.38. The Bertz CT molecular complexity index is 977. The van der Waals surface area contributed by atoms with E-state index < -0.39 is 10.0 Å². The lowest BCUT2D eigenvalue weighted by atomic mass is 10.1. The van der Waals surface area contributed by atoms with Crippen LogP contribution in [0.2, 0.25) is 0 Å². The number of nitrogen functional groups attached to an aromatic ring is 1. The number of pyridine rings is 1. The highest BCUT2D eigenvalue weighted by Crippen LogP contribution is 2.30.